The number of nitrogens with two attached hydrogens (primary N) is 1. The molecule has 0 spiro atoms. The monoisotopic (exact) mass is 217 g/mol. The Hall–Kier alpha value is -1.75. The van der Waals surface area contributed by atoms with Crippen LogP contribution in [-0.4, -0.2) is 26.7 Å². The summed E-state index contributed by atoms with van der Waals surface area (Å²) in [6, 6.07) is 0. The molecule has 0 aliphatic rings. The summed E-state index contributed by atoms with van der Waals surface area (Å²) in [4.78, 5) is 8.30. The van der Waals surface area contributed by atoms with E-state index in [0.29, 0.717) is 6.54 Å². The maximum atomic E-state index is 5.61. The van der Waals surface area contributed by atoms with Gasteiger partial charge in [-0.05, 0) is 19.4 Å². The molecule has 0 amide bonds. The Labute approximate surface area is 94.1 Å². The van der Waals surface area contributed by atoms with E-state index in [1.54, 1.807) is 18.6 Å². The first-order valence-electron chi connectivity index (χ1n) is 5.39. The lowest BCUT2D eigenvalue weighted by Gasteiger charge is -2.01. The predicted molar refractivity (Wildman–Crippen MR) is 61.8 cm³/mol. The number of aromatic nitrogens is 4. The maximum absolute atomic E-state index is 5.61. The lowest BCUT2D eigenvalue weighted by molar-refractivity contribution is 0.921. The first-order chi connectivity index (χ1) is 7.86. The lowest BCUT2D eigenvalue weighted by atomic mass is 10.1. The molecule has 0 aliphatic heterocycles. The van der Waals surface area contributed by atoms with Gasteiger partial charge >= 0.3 is 0 Å². The van der Waals surface area contributed by atoms with Crippen LogP contribution < -0.4 is 5.73 Å². The van der Waals surface area contributed by atoms with Crippen LogP contribution in [0.3, 0.4) is 0 Å². The van der Waals surface area contributed by atoms with E-state index in [9.17, 15) is 0 Å². The van der Waals surface area contributed by atoms with E-state index in [4.69, 9.17) is 5.73 Å². The molecular formula is C11H15N5. The van der Waals surface area contributed by atoms with Crippen LogP contribution in [0.25, 0.3) is 11.4 Å². The third-order valence-electron chi connectivity index (χ3n) is 2.51. The summed E-state index contributed by atoms with van der Waals surface area (Å²) in [6.07, 6.45) is 6.77. The largest absolute Gasteiger partial charge is 0.330 e. The SMILES string of the molecule is CCc1[nH]nc(-c2cnccn2)c1CCN. The highest BCUT2D eigenvalue weighted by atomic mass is 15.1. The zero-order valence-corrected chi connectivity index (χ0v) is 9.27. The first kappa shape index (κ1) is 10.8. The second kappa shape index (κ2) is 4.85. The van der Waals surface area contributed by atoms with E-state index in [0.717, 1.165) is 35.5 Å². The van der Waals surface area contributed by atoms with Gasteiger partial charge < -0.3 is 5.73 Å². The van der Waals surface area contributed by atoms with Gasteiger partial charge in [0.2, 0.25) is 0 Å². The van der Waals surface area contributed by atoms with Crippen LogP contribution >= 0.6 is 0 Å². The van der Waals surface area contributed by atoms with E-state index in [2.05, 4.69) is 27.1 Å². The molecule has 0 saturated heterocycles. The molecule has 2 rings (SSSR count). The van der Waals surface area contributed by atoms with Crippen molar-refractivity contribution >= 4 is 0 Å². The molecule has 0 saturated carbocycles. The molecule has 2 aromatic heterocycles. The van der Waals surface area contributed by atoms with Crippen molar-refractivity contribution in [3.8, 4) is 11.4 Å². The van der Waals surface area contributed by atoms with Crippen LogP contribution in [0.4, 0.5) is 0 Å². The fourth-order valence-corrected chi connectivity index (χ4v) is 1.74. The standard InChI is InChI=1S/C11H15N5/c1-2-9-8(3-4-12)11(16-15-9)10-7-13-5-6-14-10/h5-7H,2-4,12H2,1H3,(H,15,16). The molecule has 0 fully saturated rings. The van der Waals surface area contributed by atoms with Gasteiger partial charge in [0.05, 0.1) is 6.20 Å². The molecule has 0 bridgehead atoms. The van der Waals surface area contributed by atoms with Crippen molar-refractivity contribution in [2.75, 3.05) is 6.54 Å². The number of aryl methyl sites for hydroxylation is 1. The minimum Gasteiger partial charge on any atom is -0.330 e. The number of nitrogens with zero attached hydrogens (tertiary/aromatic N) is 3. The van der Waals surface area contributed by atoms with Crippen LogP contribution in [0.5, 0.6) is 0 Å². The molecule has 84 valence electrons. The van der Waals surface area contributed by atoms with E-state index in [1.165, 1.54) is 0 Å². The van der Waals surface area contributed by atoms with Gasteiger partial charge in [-0.1, -0.05) is 6.92 Å². The molecule has 5 heteroatoms. The first-order valence-corrected chi connectivity index (χ1v) is 5.39. The number of aromatic amines is 1. The zero-order valence-electron chi connectivity index (χ0n) is 9.27. The highest BCUT2D eigenvalue weighted by Gasteiger charge is 2.13. The zero-order chi connectivity index (χ0) is 11.4. The van der Waals surface area contributed by atoms with Gasteiger partial charge in [0, 0.05) is 23.7 Å². The van der Waals surface area contributed by atoms with Gasteiger partial charge in [-0.15, -0.1) is 0 Å². The van der Waals surface area contributed by atoms with Gasteiger partial charge in [-0.2, -0.15) is 5.10 Å². The Bertz CT molecular complexity index is 449. The Kier molecular flexibility index (Phi) is 3.26. The Morgan fingerprint density at radius 3 is 2.88 bits per heavy atom. The Morgan fingerprint density at radius 2 is 2.25 bits per heavy atom. The number of H-pyrrole nitrogens is 1. The number of nitrogens with one attached hydrogen (secondary N) is 1. The van der Waals surface area contributed by atoms with Crippen molar-refractivity contribution in [2.45, 2.75) is 19.8 Å². The molecule has 0 radical (unpaired) electrons. The quantitative estimate of drug-likeness (QED) is 0.798. The second-order valence-corrected chi connectivity index (χ2v) is 3.51. The van der Waals surface area contributed by atoms with Crippen molar-refractivity contribution in [2.24, 2.45) is 5.73 Å². The summed E-state index contributed by atoms with van der Waals surface area (Å²) in [5.74, 6) is 0. The van der Waals surface area contributed by atoms with Crippen LogP contribution in [0.1, 0.15) is 18.2 Å². The molecule has 5 nitrogen and oxygen atoms in total. The summed E-state index contributed by atoms with van der Waals surface area (Å²) >= 11 is 0. The fourth-order valence-electron chi connectivity index (χ4n) is 1.74. The summed E-state index contributed by atoms with van der Waals surface area (Å²) in [5, 5.41) is 7.33. The topological polar surface area (TPSA) is 80.5 Å². The molecule has 16 heavy (non-hydrogen) atoms. The molecule has 2 heterocycles. The molecule has 0 aromatic carbocycles. The maximum Gasteiger partial charge on any atom is 0.116 e. The molecule has 0 unspecified atom stereocenters. The van der Waals surface area contributed by atoms with E-state index >= 15 is 0 Å². The number of hydrogen-bond donors (Lipinski definition) is 2. The third kappa shape index (κ3) is 1.94. The van der Waals surface area contributed by atoms with Gasteiger partial charge in [-0.25, -0.2) is 0 Å². The molecule has 2 aromatic rings. The molecular weight excluding hydrogens is 202 g/mol. The summed E-state index contributed by atoms with van der Waals surface area (Å²) < 4.78 is 0. The van der Waals surface area contributed by atoms with E-state index < -0.39 is 0 Å². The van der Waals surface area contributed by atoms with Gasteiger partial charge in [0.25, 0.3) is 0 Å². The third-order valence-corrected chi connectivity index (χ3v) is 2.51. The highest BCUT2D eigenvalue weighted by Crippen LogP contribution is 2.21. The van der Waals surface area contributed by atoms with Crippen molar-refractivity contribution in [1.82, 2.24) is 20.2 Å². The Morgan fingerprint density at radius 1 is 1.38 bits per heavy atom. The van der Waals surface area contributed by atoms with Gasteiger partial charge in [-0.3, -0.25) is 15.1 Å². The van der Waals surface area contributed by atoms with Crippen LogP contribution in [0.2, 0.25) is 0 Å². The Balaban J connectivity index is 2.44. The summed E-state index contributed by atoms with van der Waals surface area (Å²) in [7, 11) is 0. The smallest absolute Gasteiger partial charge is 0.116 e. The minimum absolute atomic E-state index is 0.611. The number of rotatable bonds is 4. The molecule has 3 N–H and O–H groups in total. The minimum atomic E-state index is 0.611. The van der Waals surface area contributed by atoms with Crippen molar-refractivity contribution in [3.05, 3.63) is 29.8 Å². The lowest BCUT2D eigenvalue weighted by Crippen LogP contribution is -2.05. The van der Waals surface area contributed by atoms with Crippen molar-refractivity contribution in [1.29, 1.82) is 0 Å². The van der Waals surface area contributed by atoms with Crippen LogP contribution in [-0.2, 0) is 12.8 Å². The van der Waals surface area contributed by atoms with Gasteiger partial charge in [0.15, 0.2) is 0 Å². The average Bonchev–Trinajstić information content (AvgIpc) is 2.74. The van der Waals surface area contributed by atoms with Crippen molar-refractivity contribution in [3.63, 3.8) is 0 Å². The molecule has 0 aliphatic carbocycles. The van der Waals surface area contributed by atoms with Crippen molar-refractivity contribution < 1.29 is 0 Å². The average molecular weight is 217 g/mol. The van der Waals surface area contributed by atoms with Crippen LogP contribution in [0.15, 0.2) is 18.6 Å². The van der Waals surface area contributed by atoms with E-state index in [-0.39, 0.29) is 0 Å². The highest BCUT2D eigenvalue weighted by molar-refractivity contribution is 5.58. The van der Waals surface area contributed by atoms with Crippen LogP contribution in [0, 0.1) is 0 Å². The summed E-state index contributed by atoms with van der Waals surface area (Å²) in [5.41, 5.74) is 9.57. The summed E-state index contributed by atoms with van der Waals surface area (Å²) in [6.45, 7) is 2.70. The number of hydrogen-bond acceptors (Lipinski definition) is 4. The predicted octanol–water partition coefficient (Wildman–Crippen LogP) is 0.930. The molecule has 0 atom stereocenters. The second-order valence-electron chi connectivity index (χ2n) is 3.51. The van der Waals surface area contributed by atoms with E-state index in [1.807, 2.05) is 0 Å². The van der Waals surface area contributed by atoms with Gasteiger partial charge in [0.1, 0.15) is 11.4 Å². The fraction of sp³-hybridized carbons (Fsp3) is 0.364. The normalized spacial score (nSPS) is 10.6.